The highest BCUT2D eigenvalue weighted by Crippen LogP contribution is 2.29. The number of nitrogens with zero attached hydrogens (tertiary/aromatic N) is 5. The highest BCUT2D eigenvalue weighted by molar-refractivity contribution is 5.89. The lowest BCUT2D eigenvalue weighted by Gasteiger charge is -2.14. The molecular weight excluding hydrogens is 409 g/mol. The first kappa shape index (κ1) is 20.5. The standard InChI is InChI=1S/C20H19F3N8/c1-31-18-14(10-27-31)17(28-13-7-8-16(25-9-13)20(21,22)23)29-19(30-18)26-11-15(24)12-5-3-2-4-6-12/h2-10,15H,11,24H2,1H3,(H2,26,28,29,30). The quantitative estimate of drug-likeness (QED) is 0.431. The van der Waals surface area contributed by atoms with Gasteiger partial charge in [-0.15, -0.1) is 0 Å². The summed E-state index contributed by atoms with van der Waals surface area (Å²) in [5.41, 5.74) is 7.12. The Bertz CT molecular complexity index is 1170. The van der Waals surface area contributed by atoms with Gasteiger partial charge in [0, 0.05) is 19.6 Å². The normalized spacial score (nSPS) is 12.7. The van der Waals surface area contributed by atoms with Crippen molar-refractivity contribution in [1.29, 1.82) is 0 Å². The van der Waals surface area contributed by atoms with Gasteiger partial charge in [0.25, 0.3) is 0 Å². The van der Waals surface area contributed by atoms with Crippen molar-refractivity contribution in [1.82, 2.24) is 24.7 Å². The van der Waals surface area contributed by atoms with Crippen LogP contribution in [-0.4, -0.2) is 31.3 Å². The SMILES string of the molecule is Cn1ncc2c(Nc3ccc(C(F)(F)F)nc3)nc(NCC(N)c3ccccc3)nc21. The smallest absolute Gasteiger partial charge is 0.352 e. The van der Waals surface area contributed by atoms with Crippen LogP contribution in [0.1, 0.15) is 17.3 Å². The zero-order valence-electron chi connectivity index (χ0n) is 16.4. The van der Waals surface area contributed by atoms with Crippen molar-refractivity contribution in [2.24, 2.45) is 12.8 Å². The molecule has 3 aromatic heterocycles. The highest BCUT2D eigenvalue weighted by Gasteiger charge is 2.32. The number of fused-ring (bicyclic) bond motifs is 1. The summed E-state index contributed by atoms with van der Waals surface area (Å²) in [4.78, 5) is 12.4. The maximum Gasteiger partial charge on any atom is 0.433 e. The molecule has 1 unspecified atom stereocenters. The second kappa shape index (κ2) is 8.19. The Morgan fingerprint density at radius 2 is 1.84 bits per heavy atom. The van der Waals surface area contributed by atoms with Gasteiger partial charge in [0.05, 0.1) is 23.5 Å². The van der Waals surface area contributed by atoms with Gasteiger partial charge < -0.3 is 16.4 Å². The molecule has 0 saturated heterocycles. The number of nitrogens with one attached hydrogen (secondary N) is 2. The second-order valence-electron chi connectivity index (χ2n) is 6.85. The fourth-order valence-electron chi connectivity index (χ4n) is 2.99. The van der Waals surface area contributed by atoms with Crippen LogP contribution in [0.4, 0.5) is 30.6 Å². The number of aryl methyl sites for hydroxylation is 1. The zero-order chi connectivity index (χ0) is 22.0. The summed E-state index contributed by atoms with van der Waals surface area (Å²) in [6, 6.07) is 11.5. The van der Waals surface area contributed by atoms with E-state index in [0.29, 0.717) is 35.0 Å². The molecule has 0 aliphatic heterocycles. The molecule has 1 atom stereocenters. The van der Waals surface area contributed by atoms with Gasteiger partial charge in [-0.1, -0.05) is 30.3 Å². The Hall–Kier alpha value is -3.73. The molecule has 0 aliphatic rings. The van der Waals surface area contributed by atoms with Gasteiger partial charge in [-0.05, 0) is 17.7 Å². The molecule has 11 heteroatoms. The van der Waals surface area contributed by atoms with Crippen molar-refractivity contribution < 1.29 is 13.2 Å². The summed E-state index contributed by atoms with van der Waals surface area (Å²) in [5.74, 6) is 0.695. The number of aromatic nitrogens is 5. The Morgan fingerprint density at radius 1 is 1.06 bits per heavy atom. The summed E-state index contributed by atoms with van der Waals surface area (Å²) >= 11 is 0. The van der Waals surface area contributed by atoms with Crippen LogP contribution in [0.15, 0.2) is 54.9 Å². The van der Waals surface area contributed by atoms with Crippen LogP contribution in [0.25, 0.3) is 11.0 Å². The van der Waals surface area contributed by atoms with E-state index in [9.17, 15) is 13.2 Å². The number of pyridine rings is 1. The van der Waals surface area contributed by atoms with Crippen LogP contribution >= 0.6 is 0 Å². The van der Waals surface area contributed by atoms with E-state index in [1.165, 1.54) is 6.07 Å². The molecule has 0 aliphatic carbocycles. The fraction of sp³-hybridized carbons (Fsp3) is 0.200. The molecule has 4 aromatic rings. The third-order valence-electron chi connectivity index (χ3n) is 4.62. The topological polar surface area (TPSA) is 107 Å². The van der Waals surface area contributed by atoms with E-state index < -0.39 is 11.9 Å². The average Bonchev–Trinajstić information content (AvgIpc) is 3.13. The third-order valence-corrected chi connectivity index (χ3v) is 4.62. The molecule has 8 nitrogen and oxygen atoms in total. The summed E-state index contributed by atoms with van der Waals surface area (Å²) in [7, 11) is 1.73. The summed E-state index contributed by atoms with van der Waals surface area (Å²) in [6.45, 7) is 0.384. The molecule has 3 heterocycles. The van der Waals surface area contributed by atoms with Crippen LogP contribution in [0, 0.1) is 0 Å². The molecule has 0 saturated carbocycles. The first-order chi connectivity index (χ1) is 14.8. The zero-order valence-corrected chi connectivity index (χ0v) is 16.4. The maximum absolute atomic E-state index is 12.8. The van der Waals surface area contributed by atoms with E-state index in [4.69, 9.17) is 5.73 Å². The van der Waals surface area contributed by atoms with Crippen molar-refractivity contribution in [3.05, 3.63) is 66.1 Å². The van der Waals surface area contributed by atoms with Crippen LogP contribution < -0.4 is 16.4 Å². The lowest BCUT2D eigenvalue weighted by Crippen LogP contribution is -2.21. The molecule has 4 N–H and O–H groups in total. The molecule has 4 rings (SSSR count). The van der Waals surface area contributed by atoms with E-state index in [1.54, 1.807) is 17.9 Å². The summed E-state index contributed by atoms with van der Waals surface area (Å²) < 4.78 is 39.8. The average molecular weight is 428 g/mol. The highest BCUT2D eigenvalue weighted by atomic mass is 19.4. The second-order valence-corrected chi connectivity index (χ2v) is 6.85. The predicted molar refractivity (Wildman–Crippen MR) is 111 cm³/mol. The van der Waals surface area contributed by atoms with Crippen LogP contribution in [0.5, 0.6) is 0 Å². The fourth-order valence-corrected chi connectivity index (χ4v) is 2.99. The van der Waals surface area contributed by atoms with E-state index in [2.05, 4.69) is 30.7 Å². The number of hydrogen-bond donors (Lipinski definition) is 3. The number of rotatable bonds is 6. The maximum atomic E-state index is 12.8. The van der Waals surface area contributed by atoms with Gasteiger partial charge >= 0.3 is 6.18 Å². The number of halogens is 3. The Morgan fingerprint density at radius 3 is 2.52 bits per heavy atom. The van der Waals surface area contributed by atoms with Crippen molar-refractivity contribution in [3.63, 3.8) is 0 Å². The van der Waals surface area contributed by atoms with E-state index in [0.717, 1.165) is 17.8 Å². The van der Waals surface area contributed by atoms with Crippen LogP contribution in [0.3, 0.4) is 0 Å². The minimum atomic E-state index is -4.50. The molecule has 0 radical (unpaired) electrons. The molecule has 1 aromatic carbocycles. The Labute approximate surface area is 175 Å². The summed E-state index contributed by atoms with van der Waals surface area (Å²) in [5, 5.41) is 10.9. The number of alkyl halides is 3. The summed E-state index contributed by atoms with van der Waals surface area (Å²) in [6.07, 6.45) is -1.82. The van der Waals surface area contributed by atoms with Crippen LogP contribution in [-0.2, 0) is 13.2 Å². The third kappa shape index (κ3) is 4.56. The molecule has 160 valence electrons. The number of nitrogens with two attached hydrogens (primary N) is 1. The molecule has 0 spiro atoms. The van der Waals surface area contributed by atoms with Crippen molar-refractivity contribution in [2.75, 3.05) is 17.2 Å². The lowest BCUT2D eigenvalue weighted by molar-refractivity contribution is -0.141. The van der Waals surface area contributed by atoms with E-state index >= 15 is 0 Å². The van der Waals surface area contributed by atoms with E-state index in [1.807, 2.05) is 30.3 Å². The number of benzene rings is 1. The van der Waals surface area contributed by atoms with Crippen molar-refractivity contribution in [3.8, 4) is 0 Å². The first-order valence-electron chi connectivity index (χ1n) is 9.35. The molecule has 0 fully saturated rings. The molecule has 0 amide bonds. The Balaban J connectivity index is 1.58. The number of hydrogen-bond acceptors (Lipinski definition) is 7. The van der Waals surface area contributed by atoms with Gasteiger partial charge in [-0.25, -0.2) is 4.98 Å². The van der Waals surface area contributed by atoms with Gasteiger partial charge in [0.1, 0.15) is 11.5 Å². The molecule has 0 bridgehead atoms. The number of anilines is 3. The van der Waals surface area contributed by atoms with Gasteiger partial charge in [-0.3, -0.25) is 4.68 Å². The van der Waals surface area contributed by atoms with Crippen molar-refractivity contribution >= 4 is 28.5 Å². The van der Waals surface area contributed by atoms with Gasteiger partial charge in [0.15, 0.2) is 5.65 Å². The molecule has 31 heavy (non-hydrogen) atoms. The molecular formula is C20H19F3N8. The predicted octanol–water partition coefficient (Wildman–Crippen LogP) is 3.63. The Kier molecular flexibility index (Phi) is 5.42. The van der Waals surface area contributed by atoms with Crippen molar-refractivity contribution in [2.45, 2.75) is 12.2 Å². The minimum Gasteiger partial charge on any atom is -0.352 e. The lowest BCUT2D eigenvalue weighted by atomic mass is 10.1. The largest absolute Gasteiger partial charge is 0.433 e. The first-order valence-corrected chi connectivity index (χ1v) is 9.35. The van der Waals surface area contributed by atoms with Gasteiger partial charge in [0.2, 0.25) is 5.95 Å². The van der Waals surface area contributed by atoms with Gasteiger partial charge in [-0.2, -0.15) is 28.2 Å². The monoisotopic (exact) mass is 428 g/mol. The van der Waals surface area contributed by atoms with Crippen LogP contribution in [0.2, 0.25) is 0 Å². The minimum absolute atomic E-state index is 0.275. The van der Waals surface area contributed by atoms with E-state index in [-0.39, 0.29) is 6.04 Å².